The SMILES string of the molecule is CCCN(CCO)c1ccnc(NCC)c1. The number of anilines is 2. The molecule has 0 unspecified atom stereocenters. The van der Waals surface area contributed by atoms with Crippen molar-refractivity contribution in [2.75, 3.05) is 36.5 Å². The lowest BCUT2D eigenvalue weighted by Gasteiger charge is -2.23. The van der Waals surface area contributed by atoms with Crippen molar-refractivity contribution in [1.29, 1.82) is 0 Å². The molecule has 0 amide bonds. The molecule has 90 valence electrons. The summed E-state index contributed by atoms with van der Waals surface area (Å²) in [5, 5.41) is 12.2. The van der Waals surface area contributed by atoms with E-state index >= 15 is 0 Å². The Morgan fingerprint density at radius 3 is 2.81 bits per heavy atom. The van der Waals surface area contributed by atoms with Gasteiger partial charge < -0.3 is 15.3 Å². The van der Waals surface area contributed by atoms with Gasteiger partial charge in [-0.2, -0.15) is 0 Å². The zero-order chi connectivity index (χ0) is 11.8. The molecule has 0 aromatic carbocycles. The van der Waals surface area contributed by atoms with Crippen LogP contribution in [0.5, 0.6) is 0 Å². The summed E-state index contributed by atoms with van der Waals surface area (Å²) < 4.78 is 0. The van der Waals surface area contributed by atoms with Crippen molar-refractivity contribution in [2.45, 2.75) is 20.3 Å². The van der Waals surface area contributed by atoms with Crippen molar-refractivity contribution < 1.29 is 5.11 Å². The van der Waals surface area contributed by atoms with E-state index in [9.17, 15) is 0 Å². The molecule has 0 radical (unpaired) electrons. The maximum Gasteiger partial charge on any atom is 0.127 e. The highest BCUT2D eigenvalue weighted by molar-refractivity contribution is 5.53. The third-order valence-electron chi connectivity index (χ3n) is 2.33. The number of aliphatic hydroxyl groups is 1. The van der Waals surface area contributed by atoms with Gasteiger partial charge in [-0.25, -0.2) is 4.98 Å². The molecule has 0 spiro atoms. The van der Waals surface area contributed by atoms with E-state index in [0.29, 0.717) is 6.54 Å². The minimum Gasteiger partial charge on any atom is -0.395 e. The Balaban J connectivity index is 2.77. The maximum atomic E-state index is 9.02. The molecule has 2 N–H and O–H groups in total. The lowest BCUT2D eigenvalue weighted by molar-refractivity contribution is 0.302. The van der Waals surface area contributed by atoms with Crippen molar-refractivity contribution in [2.24, 2.45) is 0 Å². The summed E-state index contributed by atoms with van der Waals surface area (Å²) in [5.74, 6) is 0.888. The third-order valence-corrected chi connectivity index (χ3v) is 2.33. The Morgan fingerprint density at radius 2 is 2.19 bits per heavy atom. The number of rotatable bonds is 7. The van der Waals surface area contributed by atoms with Crippen LogP contribution in [0, 0.1) is 0 Å². The van der Waals surface area contributed by atoms with Gasteiger partial charge in [0.15, 0.2) is 0 Å². The second-order valence-corrected chi connectivity index (χ2v) is 3.64. The summed E-state index contributed by atoms with van der Waals surface area (Å²) >= 11 is 0. The van der Waals surface area contributed by atoms with E-state index in [1.165, 1.54) is 0 Å². The summed E-state index contributed by atoms with van der Waals surface area (Å²) in [5.41, 5.74) is 1.11. The fourth-order valence-corrected chi connectivity index (χ4v) is 1.65. The van der Waals surface area contributed by atoms with E-state index < -0.39 is 0 Å². The van der Waals surface area contributed by atoms with Gasteiger partial charge in [0.1, 0.15) is 5.82 Å². The summed E-state index contributed by atoms with van der Waals surface area (Å²) in [7, 11) is 0. The number of aliphatic hydroxyl groups excluding tert-OH is 1. The molecule has 0 bridgehead atoms. The third kappa shape index (κ3) is 3.70. The average molecular weight is 223 g/mol. The van der Waals surface area contributed by atoms with Crippen LogP contribution in [0.25, 0.3) is 0 Å². The van der Waals surface area contributed by atoms with Crippen molar-refractivity contribution in [1.82, 2.24) is 4.98 Å². The number of nitrogens with one attached hydrogen (secondary N) is 1. The lowest BCUT2D eigenvalue weighted by Crippen LogP contribution is -2.27. The zero-order valence-electron chi connectivity index (χ0n) is 10.1. The standard InChI is InChI=1S/C12H21N3O/c1-3-7-15(8-9-16)11-5-6-14-12(10-11)13-4-2/h5-6,10,16H,3-4,7-9H2,1-2H3,(H,13,14). The van der Waals surface area contributed by atoms with Gasteiger partial charge >= 0.3 is 0 Å². The largest absolute Gasteiger partial charge is 0.395 e. The number of pyridine rings is 1. The van der Waals surface area contributed by atoms with Gasteiger partial charge in [-0.15, -0.1) is 0 Å². The highest BCUT2D eigenvalue weighted by Gasteiger charge is 2.05. The van der Waals surface area contributed by atoms with Crippen LogP contribution in [0.4, 0.5) is 11.5 Å². The van der Waals surface area contributed by atoms with E-state index in [2.05, 4.69) is 22.1 Å². The van der Waals surface area contributed by atoms with Crippen LogP contribution in [0.3, 0.4) is 0 Å². The van der Waals surface area contributed by atoms with Crippen molar-refractivity contribution in [3.05, 3.63) is 18.3 Å². The van der Waals surface area contributed by atoms with E-state index in [-0.39, 0.29) is 6.61 Å². The second-order valence-electron chi connectivity index (χ2n) is 3.64. The molecule has 1 aromatic rings. The second kappa shape index (κ2) is 7.06. The molecule has 0 fully saturated rings. The summed E-state index contributed by atoms with van der Waals surface area (Å²) in [6.45, 7) is 6.85. The first-order valence-electron chi connectivity index (χ1n) is 5.87. The first kappa shape index (κ1) is 12.8. The average Bonchev–Trinajstić information content (AvgIpc) is 2.30. The highest BCUT2D eigenvalue weighted by Crippen LogP contribution is 2.17. The molecule has 0 aliphatic carbocycles. The molecule has 0 aliphatic heterocycles. The van der Waals surface area contributed by atoms with Crippen LogP contribution in [0.15, 0.2) is 18.3 Å². The number of nitrogens with zero attached hydrogens (tertiary/aromatic N) is 2. The zero-order valence-corrected chi connectivity index (χ0v) is 10.1. The van der Waals surface area contributed by atoms with Gasteiger partial charge in [-0.05, 0) is 19.4 Å². The molecule has 0 atom stereocenters. The predicted octanol–water partition coefficient (Wildman–Crippen LogP) is 1.72. The quantitative estimate of drug-likeness (QED) is 0.739. The van der Waals surface area contributed by atoms with Gasteiger partial charge in [0, 0.05) is 37.6 Å². The summed E-state index contributed by atoms with van der Waals surface area (Å²) in [6, 6.07) is 4.00. The monoisotopic (exact) mass is 223 g/mol. The minimum absolute atomic E-state index is 0.179. The van der Waals surface area contributed by atoms with E-state index in [1.54, 1.807) is 6.20 Å². The first-order valence-corrected chi connectivity index (χ1v) is 5.87. The Labute approximate surface area is 97.3 Å². The first-order chi connectivity index (χ1) is 7.81. The fraction of sp³-hybridized carbons (Fsp3) is 0.583. The molecule has 4 heteroatoms. The van der Waals surface area contributed by atoms with Crippen molar-refractivity contribution in [3.63, 3.8) is 0 Å². The molecule has 0 saturated heterocycles. The van der Waals surface area contributed by atoms with Crippen molar-refractivity contribution in [3.8, 4) is 0 Å². The molecule has 0 saturated carbocycles. The number of aromatic nitrogens is 1. The minimum atomic E-state index is 0.179. The number of hydrogen-bond donors (Lipinski definition) is 2. The van der Waals surface area contributed by atoms with Crippen LogP contribution >= 0.6 is 0 Å². The van der Waals surface area contributed by atoms with Gasteiger partial charge in [0.05, 0.1) is 6.61 Å². The van der Waals surface area contributed by atoms with Crippen LogP contribution in [0.2, 0.25) is 0 Å². The highest BCUT2D eigenvalue weighted by atomic mass is 16.3. The van der Waals surface area contributed by atoms with E-state index in [4.69, 9.17) is 5.11 Å². The van der Waals surface area contributed by atoms with Gasteiger partial charge in [0.25, 0.3) is 0 Å². The van der Waals surface area contributed by atoms with Gasteiger partial charge in [-0.1, -0.05) is 6.92 Å². The summed E-state index contributed by atoms with van der Waals surface area (Å²) in [6.07, 6.45) is 2.87. The van der Waals surface area contributed by atoms with Gasteiger partial charge in [-0.3, -0.25) is 0 Å². The Morgan fingerprint density at radius 1 is 1.38 bits per heavy atom. The predicted molar refractivity (Wildman–Crippen MR) is 68.0 cm³/mol. The molecule has 1 rings (SSSR count). The maximum absolute atomic E-state index is 9.02. The Bertz CT molecular complexity index is 298. The smallest absolute Gasteiger partial charge is 0.127 e. The Kier molecular flexibility index (Phi) is 5.64. The van der Waals surface area contributed by atoms with Crippen molar-refractivity contribution >= 4 is 11.5 Å². The normalized spacial score (nSPS) is 10.2. The Hall–Kier alpha value is -1.29. The van der Waals surface area contributed by atoms with Crippen LogP contribution in [0.1, 0.15) is 20.3 Å². The molecule has 4 nitrogen and oxygen atoms in total. The molecular weight excluding hydrogens is 202 g/mol. The van der Waals surface area contributed by atoms with Crippen LogP contribution in [-0.2, 0) is 0 Å². The fourth-order valence-electron chi connectivity index (χ4n) is 1.65. The van der Waals surface area contributed by atoms with Crippen LogP contribution < -0.4 is 10.2 Å². The molecular formula is C12H21N3O. The lowest BCUT2D eigenvalue weighted by atomic mass is 10.3. The molecule has 1 heterocycles. The van der Waals surface area contributed by atoms with E-state index in [0.717, 1.165) is 31.0 Å². The van der Waals surface area contributed by atoms with E-state index in [1.807, 2.05) is 19.1 Å². The van der Waals surface area contributed by atoms with Gasteiger partial charge in [0.2, 0.25) is 0 Å². The molecule has 0 aliphatic rings. The number of hydrogen-bond acceptors (Lipinski definition) is 4. The topological polar surface area (TPSA) is 48.4 Å². The summed E-state index contributed by atoms with van der Waals surface area (Å²) in [4.78, 5) is 6.40. The van der Waals surface area contributed by atoms with Crippen LogP contribution in [-0.4, -0.2) is 36.3 Å². The molecule has 1 aromatic heterocycles. The molecule has 16 heavy (non-hydrogen) atoms.